The van der Waals surface area contributed by atoms with Gasteiger partial charge in [-0.05, 0) is 30.4 Å². The zero-order valence-corrected chi connectivity index (χ0v) is 10.5. The summed E-state index contributed by atoms with van der Waals surface area (Å²) in [6.07, 6.45) is 1.99. The number of nitrogens with zero attached hydrogens (tertiary/aromatic N) is 1. The van der Waals surface area contributed by atoms with Gasteiger partial charge >= 0.3 is 6.09 Å². The summed E-state index contributed by atoms with van der Waals surface area (Å²) in [6, 6.07) is 9.23. The molecule has 1 heterocycles. The second kappa shape index (κ2) is 4.78. The topological polar surface area (TPSA) is 29.5 Å². The number of carbonyl (C=O) groups excluding carboxylic acids is 1. The molecule has 0 unspecified atom stereocenters. The Morgan fingerprint density at radius 2 is 2.00 bits per heavy atom. The summed E-state index contributed by atoms with van der Waals surface area (Å²) >= 11 is 0. The van der Waals surface area contributed by atoms with Crippen LogP contribution in [0, 0.1) is 5.41 Å². The van der Waals surface area contributed by atoms with E-state index in [1.807, 2.05) is 18.2 Å². The molecule has 2 rings (SSSR count). The molecule has 92 valence electrons. The third kappa shape index (κ3) is 3.22. The molecule has 0 aliphatic carbocycles. The number of benzene rings is 1. The third-order valence-electron chi connectivity index (χ3n) is 3.11. The SMILES string of the molecule is CC1(C)CCCN(C(=O)Oc2ccccc2)C1. The van der Waals surface area contributed by atoms with E-state index in [0.717, 1.165) is 19.5 Å². The first kappa shape index (κ1) is 12.0. The van der Waals surface area contributed by atoms with Gasteiger partial charge in [0.25, 0.3) is 0 Å². The molecule has 1 aliphatic rings. The van der Waals surface area contributed by atoms with Gasteiger partial charge in [0.2, 0.25) is 0 Å². The van der Waals surface area contributed by atoms with Crippen molar-refractivity contribution in [3.63, 3.8) is 0 Å². The predicted octanol–water partition coefficient (Wildman–Crippen LogP) is 3.31. The lowest BCUT2D eigenvalue weighted by molar-refractivity contribution is 0.0999. The summed E-state index contributed by atoms with van der Waals surface area (Å²) in [5.74, 6) is 0.612. The van der Waals surface area contributed by atoms with Crippen LogP contribution in [-0.4, -0.2) is 24.1 Å². The molecule has 1 aromatic carbocycles. The van der Waals surface area contributed by atoms with E-state index in [4.69, 9.17) is 4.74 Å². The standard InChI is InChI=1S/C14H19NO2/c1-14(2)9-6-10-15(11-14)13(16)17-12-7-4-3-5-8-12/h3-5,7-8H,6,9-11H2,1-2H3. The molecule has 17 heavy (non-hydrogen) atoms. The molecular formula is C14H19NO2. The van der Waals surface area contributed by atoms with E-state index < -0.39 is 0 Å². The summed E-state index contributed by atoms with van der Waals surface area (Å²) < 4.78 is 5.33. The maximum absolute atomic E-state index is 12.0. The summed E-state index contributed by atoms with van der Waals surface area (Å²) in [7, 11) is 0. The number of likely N-dealkylation sites (tertiary alicyclic amines) is 1. The van der Waals surface area contributed by atoms with Crippen LogP contribution in [0.4, 0.5) is 4.79 Å². The molecular weight excluding hydrogens is 214 g/mol. The Hall–Kier alpha value is -1.51. The van der Waals surface area contributed by atoms with Crippen molar-refractivity contribution in [2.75, 3.05) is 13.1 Å². The van der Waals surface area contributed by atoms with Crippen LogP contribution in [0.5, 0.6) is 5.75 Å². The lowest BCUT2D eigenvalue weighted by Crippen LogP contribution is -2.44. The largest absolute Gasteiger partial charge is 0.415 e. The number of piperidine rings is 1. The Morgan fingerprint density at radius 3 is 2.65 bits per heavy atom. The quantitative estimate of drug-likeness (QED) is 0.744. The summed E-state index contributed by atoms with van der Waals surface area (Å²) in [6.45, 7) is 5.96. The second-order valence-corrected chi connectivity index (χ2v) is 5.37. The Kier molecular flexibility index (Phi) is 3.36. The predicted molar refractivity (Wildman–Crippen MR) is 67.1 cm³/mol. The van der Waals surface area contributed by atoms with Crippen molar-refractivity contribution < 1.29 is 9.53 Å². The van der Waals surface area contributed by atoms with Crippen LogP contribution in [0.25, 0.3) is 0 Å². The zero-order chi connectivity index (χ0) is 12.3. The fourth-order valence-electron chi connectivity index (χ4n) is 2.23. The van der Waals surface area contributed by atoms with Gasteiger partial charge in [0, 0.05) is 13.1 Å². The molecule has 0 radical (unpaired) electrons. The number of para-hydroxylation sites is 1. The second-order valence-electron chi connectivity index (χ2n) is 5.37. The highest BCUT2D eigenvalue weighted by atomic mass is 16.6. The van der Waals surface area contributed by atoms with E-state index in [1.165, 1.54) is 6.42 Å². The molecule has 0 atom stereocenters. The molecule has 1 aliphatic heterocycles. The van der Waals surface area contributed by atoms with Gasteiger partial charge < -0.3 is 9.64 Å². The first-order valence-electron chi connectivity index (χ1n) is 6.09. The van der Waals surface area contributed by atoms with E-state index in [1.54, 1.807) is 17.0 Å². The van der Waals surface area contributed by atoms with Crippen LogP contribution in [0.15, 0.2) is 30.3 Å². The van der Waals surface area contributed by atoms with Crippen LogP contribution in [0.3, 0.4) is 0 Å². The van der Waals surface area contributed by atoms with Crippen molar-refractivity contribution in [2.45, 2.75) is 26.7 Å². The molecule has 1 amide bonds. The van der Waals surface area contributed by atoms with Crippen LogP contribution in [-0.2, 0) is 0 Å². The van der Waals surface area contributed by atoms with Gasteiger partial charge in [-0.2, -0.15) is 0 Å². The van der Waals surface area contributed by atoms with Crippen molar-refractivity contribution >= 4 is 6.09 Å². The first-order chi connectivity index (χ1) is 8.07. The summed E-state index contributed by atoms with van der Waals surface area (Å²) in [5.41, 5.74) is 0.202. The summed E-state index contributed by atoms with van der Waals surface area (Å²) in [5, 5.41) is 0. The van der Waals surface area contributed by atoms with Crippen molar-refractivity contribution in [3.8, 4) is 5.75 Å². The van der Waals surface area contributed by atoms with E-state index >= 15 is 0 Å². The van der Waals surface area contributed by atoms with Gasteiger partial charge in [-0.25, -0.2) is 4.79 Å². The average molecular weight is 233 g/mol. The number of hydrogen-bond donors (Lipinski definition) is 0. The lowest BCUT2D eigenvalue weighted by Gasteiger charge is -2.37. The summed E-state index contributed by atoms with van der Waals surface area (Å²) in [4.78, 5) is 13.8. The molecule has 0 saturated carbocycles. The van der Waals surface area contributed by atoms with E-state index in [9.17, 15) is 4.79 Å². The zero-order valence-electron chi connectivity index (χ0n) is 10.5. The van der Waals surface area contributed by atoms with Gasteiger partial charge in [0.15, 0.2) is 0 Å². The number of carbonyl (C=O) groups is 1. The van der Waals surface area contributed by atoms with E-state index in [-0.39, 0.29) is 11.5 Å². The van der Waals surface area contributed by atoms with Crippen molar-refractivity contribution in [3.05, 3.63) is 30.3 Å². The molecule has 0 aromatic heterocycles. The van der Waals surface area contributed by atoms with E-state index in [2.05, 4.69) is 13.8 Å². The van der Waals surface area contributed by atoms with Crippen LogP contribution in [0.2, 0.25) is 0 Å². The maximum Gasteiger partial charge on any atom is 0.415 e. The molecule has 3 nitrogen and oxygen atoms in total. The van der Waals surface area contributed by atoms with Crippen LogP contribution < -0.4 is 4.74 Å². The minimum absolute atomic E-state index is 0.202. The minimum Gasteiger partial charge on any atom is -0.410 e. The first-order valence-corrected chi connectivity index (χ1v) is 6.09. The number of ether oxygens (including phenoxy) is 1. The van der Waals surface area contributed by atoms with Crippen LogP contribution in [0.1, 0.15) is 26.7 Å². The van der Waals surface area contributed by atoms with E-state index in [0.29, 0.717) is 5.75 Å². The molecule has 1 fully saturated rings. The highest BCUT2D eigenvalue weighted by Gasteiger charge is 2.29. The van der Waals surface area contributed by atoms with Gasteiger partial charge in [0.05, 0.1) is 0 Å². The average Bonchev–Trinajstić information content (AvgIpc) is 2.29. The Bertz CT molecular complexity index is 386. The Balaban J connectivity index is 1.96. The minimum atomic E-state index is -0.232. The molecule has 3 heteroatoms. The van der Waals surface area contributed by atoms with Crippen molar-refractivity contribution in [2.24, 2.45) is 5.41 Å². The van der Waals surface area contributed by atoms with Gasteiger partial charge in [-0.15, -0.1) is 0 Å². The van der Waals surface area contributed by atoms with Crippen molar-refractivity contribution in [1.29, 1.82) is 0 Å². The number of rotatable bonds is 1. The Labute approximate surface area is 102 Å². The highest BCUT2D eigenvalue weighted by molar-refractivity contribution is 5.70. The normalized spacial score (nSPS) is 18.8. The Morgan fingerprint density at radius 1 is 1.29 bits per heavy atom. The molecule has 0 bridgehead atoms. The molecule has 0 N–H and O–H groups in total. The molecule has 1 saturated heterocycles. The van der Waals surface area contributed by atoms with Crippen LogP contribution >= 0.6 is 0 Å². The fourth-order valence-corrected chi connectivity index (χ4v) is 2.23. The third-order valence-corrected chi connectivity index (χ3v) is 3.11. The maximum atomic E-state index is 12.0. The fraction of sp³-hybridized carbons (Fsp3) is 0.500. The van der Waals surface area contributed by atoms with Crippen molar-refractivity contribution in [1.82, 2.24) is 4.90 Å². The van der Waals surface area contributed by atoms with Gasteiger partial charge in [-0.3, -0.25) is 0 Å². The highest BCUT2D eigenvalue weighted by Crippen LogP contribution is 2.28. The number of hydrogen-bond acceptors (Lipinski definition) is 2. The van der Waals surface area contributed by atoms with Gasteiger partial charge in [0.1, 0.15) is 5.75 Å². The smallest absolute Gasteiger partial charge is 0.410 e. The molecule has 1 aromatic rings. The monoisotopic (exact) mass is 233 g/mol. The number of amides is 1. The lowest BCUT2D eigenvalue weighted by atomic mass is 9.84. The molecule has 0 spiro atoms. The van der Waals surface area contributed by atoms with Gasteiger partial charge in [-0.1, -0.05) is 32.0 Å².